The third kappa shape index (κ3) is 4.55. The summed E-state index contributed by atoms with van der Waals surface area (Å²) in [6.45, 7) is 1.15. The predicted molar refractivity (Wildman–Crippen MR) is 114 cm³/mol. The summed E-state index contributed by atoms with van der Waals surface area (Å²) >= 11 is 1.51. The minimum atomic E-state index is -3.55. The SMILES string of the molecule is O=C(CCC(=O)N1CCN(S(=O)(=O)c2ccccc2)CC1)Nc1nc2c(s1)CCC2. The molecule has 4 rings (SSSR count). The Kier molecular flexibility index (Phi) is 6.16. The number of hydrogen-bond acceptors (Lipinski definition) is 6. The first-order valence-corrected chi connectivity index (χ1v) is 12.3. The van der Waals surface area contributed by atoms with E-state index < -0.39 is 10.0 Å². The third-order valence-corrected chi connectivity index (χ3v) is 8.37. The van der Waals surface area contributed by atoms with Crippen LogP contribution in [0.4, 0.5) is 5.13 Å². The molecule has 0 atom stereocenters. The largest absolute Gasteiger partial charge is 0.340 e. The van der Waals surface area contributed by atoms with Crippen LogP contribution in [0.5, 0.6) is 0 Å². The van der Waals surface area contributed by atoms with Gasteiger partial charge in [0.2, 0.25) is 21.8 Å². The maximum absolute atomic E-state index is 12.7. The molecule has 2 aliphatic rings. The molecule has 8 nitrogen and oxygen atoms in total. The minimum Gasteiger partial charge on any atom is -0.340 e. The van der Waals surface area contributed by atoms with E-state index in [4.69, 9.17) is 0 Å². The van der Waals surface area contributed by atoms with Gasteiger partial charge in [0.15, 0.2) is 5.13 Å². The Balaban J connectivity index is 1.24. The molecule has 0 saturated carbocycles. The Labute approximate surface area is 180 Å². The van der Waals surface area contributed by atoms with Crippen LogP contribution >= 0.6 is 11.3 Å². The number of piperazine rings is 1. The van der Waals surface area contributed by atoms with Gasteiger partial charge in [-0.15, -0.1) is 11.3 Å². The highest BCUT2D eigenvalue weighted by Crippen LogP contribution is 2.30. The molecule has 1 aromatic heterocycles. The second-order valence-electron chi connectivity index (χ2n) is 7.39. The molecule has 0 radical (unpaired) electrons. The average molecular weight is 449 g/mol. The summed E-state index contributed by atoms with van der Waals surface area (Å²) in [5.74, 6) is -0.357. The zero-order chi connectivity index (χ0) is 21.1. The van der Waals surface area contributed by atoms with Crippen LogP contribution in [0.1, 0.15) is 29.8 Å². The first-order valence-electron chi connectivity index (χ1n) is 10.0. The van der Waals surface area contributed by atoms with Gasteiger partial charge >= 0.3 is 0 Å². The van der Waals surface area contributed by atoms with Crippen LogP contribution < -0.4 is 5.32 Å². The molecule has 2 heterocycles. The van der Waals surface area contributed by atoms with Crippen LogP contribution in [0, 0.1) is 0 Å². The van der Waals surface area contributed by atoms with E-state index in [-0.39, 0.29) is 42.6 Å². The lowest BCUT2D eigenvalue weighted by molar-refractivity contribution is -0.133. The molecule has 1 fully saturated rings. The lowest BCUT2D eigenvalue weighted by atomic mass is 10.2. The van der Waals surface area contributed by atoms with Crippen molar-refractivity contribution in [3.63, 3.8) is 0 Å². The third-order valence-electron chi connectivity index (χ3n) is 5.38. The molecule has 2 amide bonds. The summed E-state index contributed by atoms with van der Waals surface area (Å²) in [7, 11) is -3.55. The maximum Gasteiger partial charge on any atom is 0.243 e. The van der Waals surface area contributed by atoms with E-state index in [1.807, 2.05) is 0 Å². The molecule has 1 N–H and O–H groups in total. The Morgan fingerprint density at radius 1 is 1.03 bits per heavy atom. The Morgan fingerprint density at radius 3 is 2.47 bits per heavy atom. The molecular formula is C20H24N4O4S2. The van der Waals surface area contributed by atoms with Crippen molar-refractivity contribution in [2.75, 3.05) is 31.5 Å². The molecule has 0 unspecified atom stereocenters. The normalized spacial score (nSPS) is 17.0. The average Bonchev–Trinajstić information content (AvgIpc) is 3.34. The first kappa shape index (κ1) is 21.0. The zero-order valence-corrected chi connectivity index (χ0v) is 18.2. The van der Waals surface area contributed by atoms with Crippen molar-refractivity contribution in [2.45, 2.75) is 37.0 Å². The number of hydrogen-bond donors (Lipinski definition) is 1. The number of carbonyl (C=O) groups is 2. The van der Waals surface area contributed by atoms with E-state index in [0.717, 1.165) is 25.0 Å². The molecule has 1 aromatic carbocycles. The minimum absolute atomic E-state index is 0.0889. The first-order chi connectivity index (χ1) is 14.4. The molecule has 30 heavy (non-hydrogen) atoms. The predicted octanol–water partition coefficient (Wildman–Crippen LogP) is 1.88. The summed E-state index contributed by atoms with van der Waals surface area (Å²) in [5.41, 5.74) is 1.08. The number of nitrogens with zero attached hydrogens (tertiary/aromatic N) is 3. The summed E-state index contributed by atoms with van der Waals surface area (Å²) in [6.07, 6.45) is 3.30. The molecule has 0 spiro atoms. The number of anilines is 1. The lowest BCUT2D eigenvalue weighted by Crippen LogP contribution is -2.50. The van der Waals surface area contributed by atoms with Gasteiger partial charge in [-0.05, 0) is 31.4 Å². The van der Waals surface area contributed by atoms with Crippen molar-refractivity contribution in [1.29, 1.82) is 0 Å². The van der Waals surface area contributed by atoms with Crippen LogP contribution in [0.3, 0.4) is 0 Å². The Hall–Kier alpha value is -2.30. The van der Waals surface area contributed by atoms with Gasteiger partial charge in [-0.1, -0.05) is 18.2 Å². The van der Waals surface area contributed by atoms with Gasteiger partial charge in [0.1, 0.15) is 0 Å². The Morgan fingerprint density at radius 2 is 1.77 bits per heavy atom. The van der Waals surface area contributed by atoms with Crippen LogP contribution in [0.15, 0.2) is 35.2 Å². The number of aryl methyl sites for hydroxylation is 2. The molecule has 0 bridgehead atoms. The van der Waals surface area contributed by atoms with Gasteiger partial charge in [-0.3, -0.25) is 9.59 Å². The van der Waals surface area contributed by atoms with E-state index in [2.05, 4.69) is 10.3 Å². The summed E-state index contributed by atoms with van der Waals surface area (Å²) < 4.78 is 26.7. The van der Waals surface area contributed by atoms with E-state index in [9.17, 15) is 18.0 Å². The standard InChI is InChI=1S/C20H24N4O4S2/c25-18(22-20-21-16-7-4-8-17(16)29-20)9-10-19(26)23-11-13-24(14-12-23)30(27,28)15-5-2-1-3-6-15/h1-3,5-6H,4,7-14H2,(H,21,22,25). The number of nitrogens with one attached hydrogen (secondary N) is 1. The zero-order valence-electron chi connectivity index (χ0n) is 16.5. The van der Waals surface area contributed by atoms with Crippen molar-refractivity contribution in [3.8, 4) is 0 Å². The van der Waals surface area contributed by atoms with Crippen molar-refractivity contribution in [1.82, 2.24) is 14.2 Å². The molecular weight excluding hydrogens is 424 g/mol. The van der Waals surface area contributed by atoms with Crippen molar-refractivity contribution >= 4 is 38.3 Å². The molecule has 160 valence electrons. The summed E-state index contributed by atoms with van der Waals surface area (Å²) in [5, 5.41) is 3.39. The van der Waals surface area contributed by atoms with Crippen LogP contribution in [0.25, 0.3) is 0 Å². The number of amides is 2. The second kappa shape index (κ2) is 8.83. The van der Waals surface area contributed by atoms with E-state index in [1.54, 1.807) is 35.2 Å². The fourth-order valence-corrected chi connectivity index (χ4v) is 6.23. The van der Waals surface area contributed by atoms with E-state index >= 15 is 0 Å². The number of sulfonamides is 1. The fraction of sp³-hybridized carbons (Fsp3) is 0.450. The summed E-state index contributed by atoms with van der Waals surface area (Å²) in [6, 6.07) is 8.30. The van der Waals surface area contributed by atoms with E-state index in [0.29, 0.717) is 18.2 Å². The number of benzene rings is 1. The van der Waals surface area contributed by atoms with Crippen LogP contribution in [0.2, 0.25) is 0 Å². The fourth-order valence-electron chi connectivity index (χ4n) is 3.72. The molecule has 1 aliphatic carbocycles. The number of carbonyl (C=O) groups excluding carboxylic acids is 2. The van der Waals surface area contributed by atoms with Crippen LogP contribution in [-0.2, 0) is 32.5 Å². The van der Waals surface area contributed by atoms with Gasteiger partial charge in [0.05, 0.1) is 10.6 Å². The Bertz CT molecular complexity index is 1010. The molecule has 1 aliphatic heterocycles. The molecule has 10 heteroatoms. The topological polar surface area (TPSA) is 99.7 Å². The number of aromatic nitrogens is 1. The van der Waals surface area contributed by atoms with Gasteiger partial charge in [-0.2, -0.15) is 4.31 Å². The smallest absolute Gasteiger partial charge is 0.243 e. The lowest BCUT2D eigenvalue weighted by Gasteiger charge is -2.34. The monoisotopic (exact) mass is 448 g/mol. The summed E-state index contributed by atoms with van der Waals surface area (Å²) in [4.78, 5) is 32.2. The van der Waals surface area contributed by atoms with Crippen molar-refractivity contribution < 1.29 is 18.0 Å². The quantitative estimate of drug-likeness (QED) is 0.727. The molecule has 2 aromatic rings. The number of fused-ring (bicyclic) bond motifs is 1. The highest BCUT2D eigenvalue weighted by Gasteiger charge is 2.30. The van der Waals surface area contributed by atoms with Crippen molar-refractivity contribution in [2.24, 2.45) is 0 Å². The van der Waals surface area contributed by atoms with Gasteiger partial charge in [0, 0.05) is 43.9 Å². The highest BCUT2D eigenvalue weighted by molar-refractivity contribution is 7.89. The maximum atomic E-state index is 12.7. The highest BCUT2D eigenvalue weighted by atomic mass is 32.2. The van der Waals surface area contributed by atoms with Gasteiger partial charge in [-0.25, -0.2) is 13.4 Å². The van der Waals surface area contributed by atoms with E-state index in [1.165, 1.54) is 20.5 Å². The second-order valence-corrected chi connectivity index (χ2v) is 10.4. The van der Waals surface area contributed by atoms with Gasteiger partial charge < -0.3 is 10.2 Å². The van der Waals surface area contributed by atoms with Crippen molar-refractivity contribution in [3.05, 3.63) is 40.9 Å². The van der Waals surface area contributed by atoms with Crippen LogP contribution in [-0.4, -0.2) is 60.6 Å². The van der Waals surface area contributed by atoms with Gasteiger partial charge in [0.25, 0.3) is 0 Å². The number of rotatable bonds is 6. The number of thiazole rings is 1. The molecule has 1 saturated heterocycles.